The lowest BCUT2D eigenvalue weighted by atomic mass is 10.1. The van der Waals surface area contributed by atoms with E-state index in [-0.39, 0.29) is 11.5 Å². The molecule has 0 atom stereocenters. The summed E-state index contributed by atoms with van der Waals surface area (Å²) in [6.07, 6.45) is 4.70. The Balaban J connectivity index is 1.56. The van der Waals surface area contributed by atoms with Gasteiger partial charge in [-0.05, 0) is 18.2 Å². The second kappa shape index (κ2) is 12.6. The first-order valence-electron chi connectivity index (χ1n) is 11.3. The summed E-state index contributed by atoms with van der Waals surface area (Å²) in [7, 11) is 0. The predicted octanol–water partition coefficient (Wildman–Crippen LogP) is 2.23. The summed E-state index contributed by atoms with van der Waals surface area (Å²) in [6.45, 7) is 3.70. The highest BCUT2D eigenvalue weighted by Gasteiger charge is 2.17. The molecule has 0 saturated heterocycles. The molecule has 35 heavy (non-hydrogen) atoms. The van der Waals surface area contributed by atoms with Crippen molar-refractivity contribution >= 4 is 23.1 Å². The molecule has 0 spiro atoms. The number of fused-ring (bicyclic) bond motifs is 6. The first kappa shape index (κ1) is 24.3. The Morgan fingerprint density at radius 3 is 2.49 bits per heavy atom. The van der Waals surface area contributed by atoms with E-state index >= 15 is 0 Å². The molecule has 1 amide bonds. The maximum absolute atomic E-state index is 13.0. The lowest BCUT2D eigenvalue weighted by Gasteiger charge is -2.13. The third kappa shape index (κ3) is 7.09. The van der Waals surface area contributed by atoms with Crippen molar-refractivity contribution in [3.8, 4) is 17.0 Å². The highest BCUT2D eigenvalue weighted by Crippen LogP contribution is 2.25. The van der Waals surface area contributed by atoms with Gasteiger partial charge in [0.25, 0.3) is 5.91 Å². The van der Waals surface area contributed by atoms with Crippen LogP contribution in [0.15, 0.2) is 48.9 Å². The van der Waals surface area contributed by atoms with Crippen molar-refractivity contribution in [1.29, 1.82) is 0 Å². The van der Waals surface area contributed by atoms with Gasteiger partial charge in [-0.25, -0.2) is 9.97 Å². The maximum Gasteiger partial charge on any atom is 0.278 e. The summed E-state index contributed by atoms with van der Waals surface area (Å²) in [5.74, 6) is 0.174. The second-order valence-corrected chi connectivity index (χ2v) is 7.50. The van der Waals surface area contributed by atoms with Crippen LogP contribution >= 0.6 is 0 Å². The van der Waals surface area contributed by atoms with Crippen LogP contribution in [-0.2, 0) is 14.2 Å². The molecule has 0 aliphatic carbocycles. The molecule has 11 nitrogen and oxygen atoms in total. The molecular weight excluding hydrogens is 452 g/mol. The Morgan fingerprint density at radius 2 is 1.66 bits per heavy atom. The minimum Gasteiger partial charge on any atom is -0.491 e. The predicted molar refractivity (Wildman–Crippen MR) is 131 cm³/mol. The van der Waals surface area contributed by atoms with Gasteiger partial charge in [-0.2, -0.15) is 0 Å². The van der Waals surface area contributed by atoms with Crippen LogP contribution in [0.4, 0.5) is 17.2 Å². The number of nitrogens with one attached hydrogen (secondary N) is 2. The lowest BCUT2D eigenvalue weighted by molar-refractivity contribution is 0.0109. The van der Waals surface area contributed by atoms with Crippen LogP contribution in [0.3, 0.4) is 0 Å². The van der Waals surface area contributed by atoms with Crippen molar-refractivity contribution in [3.63, 3.8) is 0 Å². The number of aromatic nitrogens is 3. The van der Waals surface area contributed by atoms with Crippen molar-refractivity contribution in [2.45, 2.75) is 0 Å². The van der Waals surface area contributed by atoms with E-state index in [1.807, 2.05) is 24.3 Å². The van der Waals surface area contributed by atoms with Crippen LogP contribution in [0.25, 0.3) is 11.3 Å². The molecule has 2 aromatic heterocycles. The Hall–Kier alpha value is -3.80. The summed E-state index contributed by atoms with van der Waals surface area (Å²) in [5.41, 5.74) is 8.40. The normalized spacial score (nSPS) is 16.2. The van der Waals surface area contributed by atoms with E-state index in [1.165, 1.54) is 6.20 Å². The van der Waals surface area contributed by atoms with Crippen molar-refractivity contribution < 1.29 is 23.7 Å². The zero-order valence-corrected chi connectivity index (χ0v) is 19.2. The standard InChI is InChI=1S/C24H28N6O5/c25-23-22-24(31)30-21-15-26-5-4-19(21)27-6-7-32-8-9-33-10-11-34-12-13-35-18-3-1-2-17(14-18)20(29-22)16-28-23/h1-5,14-16,27H,6-13H2,(H2,25,28)(H,30,31). The van der Waals surface area contributed by atoms with Gasteiger partial charge < -0.3 is 35.3 Å². The van der Waals surface area contributed by atoms with Crippen LogP contribution in [0.1, 0.15) is 10.5 Å². The first-order valence-corrected chi connectivity index (χ1v) is 11.3. The molecular formula is C24H28N6O5. The van der Waals surface area contributed by atoms with Crippen LogP contribution in [0.5, 0.6) is 5.75 Å². The molecule has 3 heterocycles. The molecule has 11 heteroatoms. The summed E-state index contributed by atoms with van der Waals surface area (Å²) in [5, 5.41) is 6.05. The van der Waals surface area contributed by atoms with Crippen LogP contribution in [-0.4, -0.2) is 73.7 Å². The van der Waals surface area contributed by atoms with Crippen molar-refractivity contribution in [2.24, 2.45) is 0 Å². The number of benzene rings is 1. The smallest absolute Gasteiger partial charge is 0.278 e. The van der Waals surface area contributed by atoms with Gasteiger partial charge in [0.05, 0.1) is 69.1 Å². The van der Waals surface area contributed by atoms with Gasteiger partial charge >= 0.3 is 0 Å². The van der Waals surface area contributed by atoms with Crippen LogP contribution in [0.2, 0.25) is 0 Å². The molecule has 0 fully saturated rings. The Kier molecular flexibility index (Phi) is 8.76. The van der Waals surface area contributed by atoms with E-state index in [0.717, 1.165) is 5.56 Å². The molecule has 1 aromatic carbocycles. The van der Waals surface area contributed by atoms with Gasteiger partial charge in [0.15, 0.2) is 11.5 Å². The number of hydrogen-bond acceptors (Lipinski definition) is 10. The number of nitrogens with zero attached hydrogens (tertiary/aromatic N) is 3. The molecule has 0 saturated carbocycles. The number of nitrogens with two attached hydrogens (primary N) is 1. The number of rotatable bonds is 0. The molecule has 3 aromatic rings. The number of carbonyl (C=O) groups is 1. The monoisotopic (exact) mass is 480 g/mol. The van der Waals surface area contributed by atoms with E-state index in [9.17, 15) is 4.79 Å². The molecule has 1 aliphatic rings. The van der Waals surface area contributed by atoms with Crippen molar-refractivity contribution in [1.82, 2.24) is 15.0 Å². The lowest BCUT2D eigenvalue weighted by Crippen LogP contribution is -2.19. The molecule has 4 N–H and O–H groups in total. The van der Waals surface area contributed by atoms with E-state index in [4.69, 9.17) is 24.7 Å². The number of anilines is 3. The highest BCUT2D eigenvalue weighted by atomic mass is 16.6. The minimum absolute atomic E-state index is 0.0127. The van der Waals surface area contributed by atoms with Crippen LogP contribution in [0, 0.1) is 0 Å². The van der Waals surface area contributed by atoms with Crippen LogP contribution < -0.4 is 21.1 Å². The van der Waals surface area contributed by atoms with Gasteiger partial charge in [-0.1, -0.05) is 12.1 Å². The SMILES string of the molecule is Nc1ncc2nc1C(=O)Nc1cnccc1NCCOCCOCCOCCOc1cccc-2c1. The second-order valence-electron chi connectivity index (χ2n) is 7.50. The molecule has 1 aliphatic heterocycles. The highest BCUT2D eigenvalue weighted by molar-refractivity contribution is 6.07. The summed E-state index contributed by atoms with van der Waals surface area (Å²) in [6, 6.07) is 9.12. The maximum atomic E-state index is 13.0. The number of pyridine rings is 1. The molecule has 4 bridgehead atoms. The largest absolute Gasteiger partial charge is 0.491 e. The van der Waals surface area contributed by atoms with E-state index in [1.54, 1.807) is 18.5 Å². The Morgan fingerprint density at radius 1 is 0.886 bits per heavy atom. The minimum atomic E-state index is -0.496. The molecule has 184 valence electrons. The zero-order valence-electron chi connectivity index (χ0n) is 19.2. The number of carbonyl (C=O) groups excluding carboxylic acids is 1. The third-order valence-corrected chi connectivity index (χ3v) is 5.02. The Labute approximate surface area is 203 Å². The number of ether oxygens (including phenoxy) is 4. The quantitative estimate of drug-likeness (QED) is 0.438. The Bertz CT molecular complexity index is 1130. The van der Waals surface area contributed by atoms with Gasteiger partial charge in [0, 0.05) is 18.3 Å². The fourth-order valence-electron chi connectivity index (χ4n) is 3.30. The average Bonchev–Trinajstić information content (AvgIpc) is 2.87. The van der Waals surface area contributed by atoms with Gasteiger partial charge in [-0.15, -0.1) is 0 Å². The van der Waals surface area contributed by atoms with Crippen molar-refractivity contribution in [2.75, 3.05) is 69.2 Å². The molecule has 0 radical (unpaired) electrons. The summed E-state index contributed by atoms with van der Waals surface area (Å²) >= 11 is 0. The molecule has 4 rings (SSSR count). The average molecular weight is 481 g/mol. The molecule has 0 unspecified atom stereocenters. The van der Waals surface area contributed by atoms with Gasteiger partial charge in [0.1, 0.15) is 12.4 Å². The van der Waals surface area contributed by atoms with Crippen molar-refractivity contribution in [3.05, 3.63) is 54.6 Å². The van der Waals surface area contributed by atoms with E-state index in [0.29, 0.717) is 75.6 Å². The zero-order chi connectivity index (χ0) is 24.3. The number of nitrogen functional groups attached to an aromatic ring is 1. The summed E-state index contributed by atoms with van der Waals surface area (Å²) in [4.78, 5) is 25.8. The van der Waals surface area contributed by atoms with Gasteiger partial charge in [-0.3, -0.25) is 9.78 Å². The van der Waals surface area contributed by atoms with E-state index in [2.05, 4.69) is 25.6 Å². The fraction of sp³-hybridized carbons (Fsp3) is 0.333. The third-order valence-electron chi connectivity index (χ3n) is 5.02. The van der Waals surface area contributed by atoms with Gasteiger partial charge in [0.2, 0.25) is 0 Å². The summed E-state index contributed by atoms with van der Waals surface area (Å²) < 4.78 is 22.4. The topological polar surface area (TPSA) is 143 Å². The van der Waals surface area contributed by atoms with E-state index < -0.39 is 5.91 Å². The number of amides is 1. The fourth-order valence-corrected chi connectivity index (χ4v) is 3.30. The number of hydrogen-bond donors (Lipinski definition) is 3. The first-order chi connectivity index (χ1) is 17.2.